The fourth-order valence-corrected chi connectivity index (χ4v) is 2.09. The second kappa shape index (κ2) is 7.04. The second-order valence-electron chi connectivity index (χ2n) is 5.33. The number of halogens is 2. The van der Waals surface area contributed by atoms with Crippen LogP contribution in [-0.2, 0) is 0 Å². The van der Waals surface area contributed by atoms with E-state index in [0.29, 0.717) is 5.82 Å². The Bertz CT molecular complexity index is 876. The van der Waals surface area contributed by atoms with Gasteiger partial charge in [-0.05, 0) is 31.2 Å². The standard InChI is InChI=1S/C18H14F2N4O/c1-11-5-7-12(8-6-11)23-16-10-21-15(9-22-16)18(25)24-17-13(19)3-2-4-14(17)20/h2-10H,1H3,(H,22,23)(H,24,25). The molecule has 0 spiro atoms. The zero-order valence-corrected chi connectivity index (χ0v) is 13.3. The minimum absolute atomic E-state index is 0.0582. The lowest BCUT2D eigenvalue weighted by atomic mass is 10.2. The van der Waals surface area contributed by atoms with Gasteiger partial charge in [0.2, 0.25) is 0 Å². The van der Waals surface area contributed by atoms with E-state index in [2.05, 4.69) is 20.6 Å². The summed E-state index contributed by atoms with van der Waals surface area (Å²) in [5, 5.41) is 5.20. The van der Waals surface area contributed by atoms with Crippen molar-refractivity contribution in [2.45, 2.75) is 6.92 Å². The number of nitrogens with one attached hydrogen (secondary N) is 2. The zero-order chi connectivity index (χ0) is 17.8. The van der Waals surface area contributed by atoms with Crippen molar-refractivity contribution in [3.8, 4) is 0 Å². The number of carbonyl (C=O) groups excluding carboxylic acids is 1. The molecule has 25 heavy (non-hydrogen) atoms. The molecule has 1 amide bonds. The molecule has 0 saturated heterocycles. The van der Waals surface area contributed by atoms with E-state index in [1.54, 1.807) is 0 Å². The number of hydrogen-bond donors (Lipinski definition) is 2. The van der Waals surface area contributed by atoms with Crippen molar-refractivity contribution < 1.29 is 13.6 Å². The van der Waals surface area contributed by atoms with Gasteiger partial charge in [-0.3, -0.25) is 4.79 Å². The highest BCUT2D eigenvalue weighted by Crippen LogP contribution is 2.19. The number of carbonyl (C=O) groups is 1. The average Bonchev–Trinajstić information content (AvgIpc) is 2.61. The predicted molar refractivity (Wildman–Crippen MR) is 90.8 cm³/mol. The molecule has 0 unspecified atom stereocenters. The monoisotopic (exact) mass is 340 g/mol. The first-order valence-corrected chi connectivity index (χ1v) is 7.44. The lowest BCUT2D eigenvalue weighted by Gasteiger charge is -2.08. The smallest absolute Gasteiger partial charge is 0.276 e. The molecule has 0 bridgehead atoms. The summed E-state index contributed by atoms with van der Waals surface area (Å²) in [4.78, 5) is 20.1. The average molecular weight is 340 g/mol. The molecule has 5 nitrogen and oxygen atoms in total. The molecular weight excluding hydrogens is 326 g/mol. The van der Waals surface area contributed by atoms with Crippen LogP contribution in [0.2, 0.25) is 0 Å². The Morgan fingerprint density at radius 3 is 2.24 bits per heavy atom. The fourth-order valence-electron chi connectivity index (χ4n) is 2.09. The third-order valence-corrected chi connectivity index (χ3v) is 3.41. The number of aryl methyl sites for hydroxylation is 1. The maximum absolute atomic E-state index is 13.6. The Labute approximate surface area is 142 Å². The van der Waals surface area contributed by atoms with Gasteiger partial charge >= 0.3 is 0 Å². The number of benzene rings is 2. The molecule has 0 aliphatic rings. The lowest BCUT2D eigenvalue weighted by Crippen LogP contribution is -2.16. The van der Waals surface area contributed by atoms with Crippen molar-refractivity contribution in [3.05, 3.63) is 77.8 Å². The number of para-hydroxylation sites is 1. The largest absolute Gasteiger partial charge is 0.339 e. The number of rotatable bonds is 4. The van der Waals surface area contributed by atoms with Crippen LogP contribution < -0.4 is 10.6 Å². The molecule has 0 aliphatic heterocycles. The van der Waals surface area contributed by atoms with Gasteiger partial charge in [0, 0.05) is 5.69 Å². The van der Waals surface area contributed by atoms with Gasteiger partial charge in [0.1, 0.15) is 28.8 Å². The van der Waals surface area contributed by atoms with Crippen LogP contribution in [0.4, 0.5) is 26.0 Å². The van der Waals surface area contributed by atoms with Crippen molar-refractivity contribution in [3.63, 3.8) is 0 Å². The Hall–Kier alpha value is -3.35. The zero-order valence-electron chi connectivity index (χ0n) is 13.3. The van der Waals surface area contributed by atoms with Gasteiger partial charge in [0.15, 0.2) is 0 Å². The van der Waals surface area contributed by atoms with Crippen LogP contribution in [0.1, 0.15) is 16.1 Å². The predicted octanol–water partition coefficient (Wildman–Crippen LogP) is 4.06. The number of aromatic nitrogens is 2. The van der Waals surface area contributed by atoms with Crippen LogP contribution in [0.5, 0.6) is 0 Å². The van der Waals surface area contributed by atoms with Crippen molar-refractivity contribution in [1.29, 1.82) is 0 Å². The molecule has 0 radical (unpaired) electrons. The minimum Gasteiger partial charge on any atom is -0.339 e. The van der Waals surface area contributed by atoms with Crippen LogP contribution in [0.3, 0.4) is 0 Å². The normalized spacial score (nSPS) is 10.4. The van der Waals surface area contributed by atoms with E-state index in [-0.39, 0.29) is 5.69 Å². The van der Waals surface area contributed by atoms with E-state index >= 15 is 0 Å². The van der Waals surface area contributed by atoms with Crippen molar-refractivity contribution in [2.24, 2.45) is 0 Å². The summed E-state index contributed by atoms with van der Waals surface area (Å²) < 4.78 is 27.1. The highest BCUT2D eigenvalue weighted by atomic mass is 19.1. The van der Waals surface area contributed by atoms with Crippen LogP contribution in [0.15, 0.2) is 54.9 Å². The summed E-state index contributed by atoms with van der Waals surface area (Å²) in [5.74, 6) is -2.03. The summed E-state index contributed by atoms with van der Waals surface area (Å²) in [5.41, 5.74) is 1.38. The molecule has 0 fully saturated rings. The molecule has 1 heterocycles. The maximum Gasteiger partial charge on any atom is 0.276 e. The second-order valence-corrected chi connectivity index (χ2v) is 5.33. The van der Waals surface area contributed by atoms with Crippen LogP contribution >= 0.6 is 0 Å². The third-order valence-electron chi connectivity index (χ3n) is 3.41. The summed E-state index contributed by atoms with van der Waals surface area (Å²) >= 11 is 0. The number of hydrogen-bond acceptors (Lipinski definition) is 4. The number of anilines is 3. The van der Waals surface area contributed by atoms with Crippen molar-refractivity contribution in [2.75, 3.05) is 10.6 Å². The summed E-state index contributed by atoms with van der Waals surface area (Å²) in [6, 6.07) is 11.0. The molecule has 126 valence electrons. The molecule has 0 aliphatic carbocycles. The first-order valence-electron chi connectivity index (χ1n) is 7.44. The van der Waals surface area contributed by atoms with Crippen LogP contribution in [0.25, 0.3) is 0 Å². The van der Waals surface area contributed by atoms with Crippen molar-refractivity contribution in [1.82, 2.24) is 9.97 Å². The van der Waals surface area contributed by atoms with E-state index in [1.165, 1.54) is 18.5 Å². The third kappa shape index (κ3) is 3.95. The highest BCUT2D eigenvalue weighted by Gasteiger charge is 2.14. The summed E-state index contributed by atoms with van der Waals surface area (Å²) in [6.07, 6.45) is 2.59. The van der Waals surface area contributed by atoms with Gasteiger partial charge in [-0.25, -0.2) is 18.7 Å². The molecular formula is C18H14F2N4O. The SMILES string of the molecule is Cc1ccc(Nc2cnc(C(=O)Nc3c(F)cccc3F)cn2)cc1. The van der Waals surface area contributed by atoms with Gasteiger partial charge in [0.25, 0.3) is 5.91 Å². The Morgan fingerprint density at radius 2 is 1.64 bits per heavy atom. The summed E-state index contributed by atoms with van der Waals surface area (Å²) in [7, 11) is 0. The molecule has 1 aromatic heterocycles. The maximum atomic E-state index is 13.6. The molecule has 3 rings (SSSR count). The van der Waals surface area contributed by atoms with Crippen molar-refractivity contribution >= 4 is 23.1 Å². The number of amides is 1. The van der Waals surface area contributed by atoms with E-state index in [9.17, 15) is 13.6 Å². The molecule has 2 aromatic carbocycles. The highest BCUT2D eigenvalue weighted by molar-refractivity contribution is 6.02. The van der Waals surface area contributed by atoms with Gasteiger partial charge < -0.3 is 10.6 Å². The van der Waals surface area contributed by atoms with Gasteiger partial charge in [0.05, 0.1) is 12.4 Å². The van der Waals surface area contributed by atoms with Crippen LogP contribution in [-0.4, -0.2) is 15.9 Å². The van der Waals surface area contributed by atoms with Gasteiger partial charge in [-0.15, -0.1) is 0 Å². The summed E-state index contributed by atoms with van der Waals surface area (Å²) in [6.45, 7) is 1.98. The topological polar surface area (TPSA) is 66.9 Å². The van der Waals surface area contributed by atoms with E-state index < -0.39 is 23.2 Å². The van der Waals surface area contributed by atoms with Gasteiger partial charge in [-0.1, -0.05) is 23.8 Å². The lowest BCUT2D eigenvalue weighted by molar-refractivity contribution is 0.102. The Kier molecular flexibility index (Phi) is 4.65. The van der Waals surface area contributed by atoms with E-state index in [1.807, 2.05) is 31.2 Å². The van der Waals surface area contributed by atoms with E-state index in [0.717, 1.165) is 23.4 Å². The molecule has 7 heteroatoms. The molecule has 0 atom stereocenters. The molecule has 3 aromatic rings. The minimum atomic E-state index is -0.862. The van der Waals surface area contributed by atoms with E-state index in [4.69, 9.17) is 0 Å². The first kappa shape index (κ1) is 16.5. The first-order chi connectivity index (χ1) is 12.0. The Balaban J connectivity index is 1.71. The molecule has 2 N–H and O–H groups in total. The van der Waals surface area contributed by atoms with Gasteiger partial charge in [-0.2, -0.15) is 0 Å². The number of nitrogens with zero attached hydrogens (tertiary/aromatic N) is 2. The Morgan fingerprint density at radius 1 is 0.960 bits per heavy atom. The quantitative estimate of drug-likeness (QED) is 0.752. The molecule has 0 saturated carbocycles. The fraction of sp³-hybridized carbons (Fsp3) is 0.0556. The van der Waals surface area contributed by atoms with Crippen LogP contribution in [0, 0.1) is 18.6 Å².